The van der Waals surface area contributed by atoms with Crippen molar-refractivity contribution < 1.29 is 14.3 Å². The van der Waals surface area contributed by atoms with Crippen LogP contribution >= 0.6 is 11.3 Å². The maximum absolute atomic E-state index is 12.7. The zero-order valence-corrected chi connectivity index (χ0v) is 16.1. The molecule has 2 amide bonds. The second-order valence-corrected chi connectivity index (χ2v) is 8.05. The molecule has 0 aliphatic carbocycles. The zero-order valence-electron chi connectivity index (χ0n) is 15.3. The molecule has 1 aliphatic heterocycles. The fourth-order valence-corrected chi connectivity index (χ4v) is 3.90. The number of hydrogen-bond acceptors (Lipinski definition) is 4. The number of carbonyl (C=O) groups is 2. The Labute approximate surface area is 158 Å². The van der Waals surface area contributed by atoms with Crippen LogP contribution in [-0.2, 0) is 11.3 Å². The molecule has 5 nitrogen and oxygen atoms in total. The fourth-order valence-electron chi connectivity index (χ4n) is 3.12. The fraction of sp³-hybridized carbons (Fsp3) is 0.400. The molecule has 0 spiro atoms. The van der Waals surface area contributed by atoms with Crippen LogP contribution in [0.2, 0.25) is 0 Å². The number of aryl methyl sites for hydroxylation is 1. The lowest BCUT2D eigenvalue weighted by Crippen LogP contribution is -2.48. The summed E-state index contributed by atoms with van der Waals surface area (Å²) in [6.07, 6.45) is 0.108. The van der Waals surface area contributed by atoms with Crippen molar-refractivity contribution in [2.75, 3.05) is 13.1 Å². The predicted octanol–water partition coefficient (Wildman–Crippen LogP) is 3.24. The molecule has 138 valence electrons. The summed E-state index contributed by atoms with van der Waals surface area (Å²) in [6, 6.07) is 11.2. The summed E-state index contributed by atoms with van der Waals surface area (Å²) in [6.45, 7) is 7.61. The predicted molar refractivity (Wildman–Crippen MR) is 103 cm³/mol. The molecule has 0 saturated carbocycles. The highest BCUT2D eigenvalue weighted by molar-refractivity contribution is 7.13. The molecular formula is C20H24N2O3S. The van der Waals surface area contributed by atoms with Gasteiger partial charge < -0.3 is 15.0 Å². The van der Waals surface area contributed by atoms with Crippen molar-refractivity contribution in [1.29, 1.82) is 0 Å². The van der Waals surface area contributed by atoms with E-state index in [1.165, 1.54) is 11.3 Å². The first-order valence-corrected chi connectivity index (χ1v) is 9.62. The third-order valence-corrected chi connectivity index (χ3v) is 5.32. The number of rotatable bonds is 4. The Morgan fingerprint density at radius 1 is 1.12 bits per heavy atom. The van der Waals surface area contributed by atoms with E-state index in [-0.39, 0.29) is 24.0 Å². The lowest BCUT2D eigenvalue weighted by molar-refractivity contribution is -0.0586. The number of nitrogens with zero attached hydrogens (tertiary/aromatic N) is 1. The average molecular weight is 372 g/mol. The van der Waals surface area contributed by atoms with Gasteiger partial charge >= 0.3 is 0 Å². The summed E-state index contributed by atoms with van der Waals surface area (Å²) in [5.41, 5.74) is 1.63. The Morgan fingerprint density at radius 2 is 1.77 bits per heavy atom. The Morgan fingerprint density at radius 3 is 2.35 bits per heavy atom. The van der Waals surface area contributed by atoms with E-state index in [1.807, 2.05) is 62.1 Å². The largest absolute Gasteiger partial charge is 0.372 e. The summed E-state index contributed by atoms with van der Waals surface area (Å²) >= 11 is 1.48. The first-order chi connectivity index (χ1) is 12.4. The van der Waals surface area contributed by atoms with Gasteiger partial charge in [0.15, 0.2) is 0 Å². The van der Waals surface area contributed by atoms with Crippen LogP contribution in [0.1, 0.15) is 44.3 Å². The molecule has 2 heterocycles. The number of hydrogen-bond donors (Lipinski definition) is 1. The van der Waals surface area contributed by atoms with Gasteiger partial charge in [0.25, 0.3) is 11.8 Å². The molecule has 0 bridgehead atoms. The lowest BCUT2D eigenvalue weighted by Gasteiger charge is -2.35. The van der Waals surface area contributed by atoms with Crippen LogP contribution in [0.15, 0.2) is 36.4 Å². The van der Waals surface area contributed by atoms with Crippen molar-refractivity contribution in [2.24, 2.45) is 0 Å². The van der Waals surface area contributed by atoms with Crippen LogP contribution in [0.25, 0.3) is 0 Å². The van der Waals surface area contributed by atoms with Gasteiger partial charge in [-0.05, 0) is 50.6 Å². The van der Waals surface area contributed by atoms with Crippen LogP contribution in [-0.4, -0.2) is 42.0 Å². The molecule has 1 aromatic heterocycles. The maximum Gasteiger partial charge on any atom is 0.261 e. The van der Waals surface area contributed by atoms with Crippen LogP contribution in [0.4, 0.5) is 0 Å². The van der Waals surface area contributed by atoms with Crippen molar-refractivity contribution in [2.45, 2.75) is 39.5 Å². The Hall–Kier alpha value is -2.18. The summed E-state index contributed by atoms with van der Waals surface area (Å²) in [7, 11) is 0. The molecule has 2 aromatic rings. The topological polar surface area (TPSA) is 58.6 Å². The van der Waals surface area contributed by atoms with E-state index in [4.69, 9.17) is 4.74 Å². The van der Waals surface area contributed by atoms with Gasteiger partial charge in [-0.15, -0.1) is 11.3 Å². The van der Waals surface area contributed by atoms with Crippen molar-refractivity contribution >= 4 is 23.2 Å². The molecule has 1 saturated heterocycles. The van der Waals surface area contributed by atoms with E-state index in [1.54, 1.807) is 0 Å². The lowest BCUT2D eigenvalue weighted by atomic mass is 10.1. The molecule has 0 unspecified atom stereocenters. The third-order valence-electron chi connectivity index (χ3n) is 4.32. The summed E-state index contributed by atoms with van der Waals surface area (Å²) in [5, 5.41) is 2.91. The zero-order chi connectivity index (χ0) is 18.7. The molecule has 6 heteroatoms. The van der Waals surface area contributed by atoms with Crippen molar-refractivity contribution in [3.8, 4) is 0 Å². The third kappa shape index (κ3) is 4.51. The summed E-state index contributed by atoms with van der Waals surface area (Å²) < 4.78 is 5.68. The van der Waals surface area contributed by atoms with Gasteiger partial charge in [-0.25, -0.2) is 0 Å². The molecule has 1 aromatic carbocycles. The smallest absolute Gasteiger partial charge is 0.261 e. The number of benzene rings is 1. The Kier molecular flexibility index (Phi) is 5.74. The molecular weight excluding hydrogens is 348 g/mol. The van der Waals surface area contributed by atoms with E-state index in [0.29, 0.717) is 30.1 Å². The van der Waals surface area contributed by atoms with Crippen LogP contribution in [0.3, 0.4) is 0 Å². The van der Waals surface area contributed by atoms with E-state index in [9.17, 15) is 9.59 Å². The highest BCUT2D eigenvalue weighted by Gasteiger charge is 2.26. The molecule has 2 atom stereocenters. The minimum atomic E-state index is -0.0699. The molecule has 1 N–H and O–H groups in total. The second-order valence-electron chi connectivity index (χ2n) is 6.76. The van der Waals surface area contributed by atoms with E-state index < -0.39 is 0 Å². The van der Waals surface area contributed by atoms with Crippen LogP contribution in [0.5, 0.6) is 0 Å². The number of thiophene rings is 1. The van der Waals surface area contributed by atoms with Crippen molar-refractivity contribution in [3.63, 3.8) is 0 Å². The van der Waals surface area contributed by atoms with Crippen molar-refractivity contribution in [3.05, 3.63) is 57.3 Å². The van der Waals surface area contributed by atoms with E-state index in [2.05, 4.69) is 5.32 Å². The first kappa shape index (κ1) is 18.6. The standard InChI is InChI=1S/C20H24N2O3S/c1-13-11-22(12-14(2)25-13)20(24)17-7-5-16(6-8-17)10-21-19(23)18-9-4-15(3)26-18/h4-9,13-14H,10-12H2,1-3H3,(H,21,23)/t13-,14-/m1/s1. The van der Waals surface area contributed by atoms with Crippen LogP contribution < -0.4 is 5.32 Å². The highest BCUT2D eigenvalue weighted by Crippen LogP contribution is 2.16. The number of nitrogens with one attached hydrogen (secondary N) is 1. The van der Waals surface area contributed by atoms with Gasteiger partial charge in [0.05, 0.1) is 17.1 Å². The van der Waals surface area contributed by atoms with Crippen molar-refractivity contribution in [1.82, 2.24) is 10.2 Å². The highest BCUT2D eigenvalue weighted by atomic mass is 32.1. The quantitative estimate of drug-likeness (QED) is 0.896. The number of carbonyl (C=O) groups excluding carboxylic acids is 2. The van der Waals surface area contributed by atoms with Crippen LogP contribution in [0, 0.1) is 6.92 Å². The van der Waals surface area contributed by atoms with Gasteiger partial charge in [0.2, 0.25) is 0 Å². The average Bonchev–Trinajstić information content (AvgIpc) is 3.05. The minimum absolute atomic E-state index is 0.0247. The molecule has 0 radical (unpaired) electrons. The molecule has 3 rings (SSSR count). The van der Waals surface area contributed by atoms with Gasteiger partial charge in [-0.2, -0.15) is 0 Å². The monoisotopic (exact) mass is 372 g/mol. The number of morpholine rings is 1. The van der Waals surface area contributed by atoms with E-state index in [0.717, 1.165) is 10.4 Å². The number of ether oxygens (including phenoxy) is 1. The Balaban J connectivity index is 1.58. The second kappa shape index (κ2) is 8.01. The Bertz CT molecular complexity index is 775. The van der Waals surface area contributed by atoms with Gasteiger partial charge in [-0.1, -0.05) is 12.1 Å². The summed E-state index contributed by atoms with van der Waals surface area (Å²) in [4.78, 5) is 28.4. The van der Waals surface area contributed by atoms with Gasteiger partial charge in [-0.3, -0.25) is 9.59 Å². The summed E-state index contributed by atoms with van der Waals surface area (Å²) in [5.74, 6) is -0.0452. The van der Waals surface area contributed by atoms with E-state index >= 15 is 0 Å². The molecule has 26 heavy (non-hydrogen) atoms. The van der Waals surface area contributed by atoms with Gasteiger partial charge in [0, 0.05) is 30.1 Å². The molecule has 1 fully saturated rings. The normalized spacial score (nSPS) is 20.0. The molecule has 1 aliphatic rings. The number of amides is 2. The first-order valence-electron chi connectivity index (χ1n) is 8.80. The SMILES string of the molecule is Cc1ccc(C(=O)NCc2ccc(C(=O)N3C[C@@H](C)O[C@H](C)C3)cc2)s1. The van der Waals surface area contributed by atoms with Gasteiger partial charge in [0.1, 0.15) is 0 Å². The maximum atomic E-state index is 12.7. The minimum Gasteiger partial charge on any atom is -0.372 e.